The highest BCUT2D eigenvalue weighted by Crippen LogP contribution is 2.35. The van der Waals surface area contributed by atoms with Crippen LogP contribution in [0.3, 0.4) is 0 Å². The molecule has 1 aliphatic heterocycles. The Morgan fingerprint density at radius 2 is 2.25 bits per heavy atom. The summed E-state index contributed by atoms with van der Waals surface area (Å²) in [4.78, 5) is 13.5. The topological polar surface area (TPSA) is 71.2 Å². The predicted molar refractivity (Wildman–Crippen MR) is 73.5 cm³/mol. The lowest BCUT2D eigenvalue weighted by Gasteiger charge is -2.33. The molecule has 6 nitrogen and oxygen atoms in total. The van der Waals surface area contributed by atoms with Gasteiger partial charge in [-0.05, 0) is 18.1 Å². The van der Waals surface area contributed by atoms with Crippen LogP contribution in [0.25, 0.3) is 0 Å². The molecule has 0 fully saturated rings. The average Bonchev–Trinajstić information content (AvgIpc) is 2.84. The Labute approximate surface area is 116 Å². The molecule has 3 rings (SSSR count). The van der Waals surface area contributed by atoms with Gasteiger partial charge < -0.3 is 10.0 Å². The van der Waals surface area contributed by atoms with Gasteiger partial charge in [0.2, 0.25) is 0 Å². The molecular weight excluding hydrogens is 256 g/mol. The highest BCUT2D eigenvalue weighted by Gasteiger charge is 2.29. The van der Waals surface area contributed by atoms with E-state index in [2.05, 4.69) is 15.2 Å². The number of carboxylic acids is 1. The molecule has 0 amide bonds. The van der Waals surface area contributed by atoms with Gasteiger partial charge in [0.05, 0.1) is 12.5 Å². The number of carboxylic acid groups (broad SMARTS) is 1. The number of aryl methyl sites for hydroxylation is 1. The molecule has 0 radical (unpaired) electrons. The number of benzene rings is 1. The second-order valence-electron chi connectivity index (χ2n) is 5.04. The van der Waals surface area contributed by atoms with Crippen molar-refractivity contribution in [3.8, 4) is 0 Å². The van der Waals surface area contributed by atoms with Gasteiger partial charge in [0.15, 0.2) is 0 Å². The molecule has 6 heteroatoms. The second-order valence-corrected chi connectivity index (χ2v) is 5.04. The van der Waals surface area contributed by atoms with Gasteiger partial charge >= 0.3 is 5.97 Å². The van der Waals surface area contributed by atoms with Gasteiger partial charge in [-0.25, -0.2) is 0 Å². The van der Waals surface area contributed by atoms with E-state index in [4.69, 9.17) is 0 Å². The molecule has 1 aromatic carbocycles. The van der Waals surface area contributed by atoms with Crippen molar-refractivity contribution in [1.82, 2.24) is 15.0 Å². The summed E-state index contributed by atoms with van der Waals surface area (Å²) in [6.07, 6.45) is 2.50. The normalized spacial score (nSPS) is 17.9. The van der Waals surface area contributed by atoms with Crippen LogP contribution in [0.4, 0.5) is 5.69 Å². The van der Waals surface area contributed by atoms with Gasteiger partial charge in [-0.15, -0.1) is 5.10 Å². The zero-order valence-electron chi connectivity index (χ0n) is 11.2. The first-order valence-electron chi connectivity index (χ1n) is 6.57. The van der Waals surface area contributed by atoms with Gasteiger partial charge in [-0.1, -0.05) is 23.4 Å². The molecule has 2 heterocycles. The molecule has 0 spiro atoms. The third-order valence-corrected chi connectivity index (χ3v) is 3.64. The van der Waals surface area contributed by atoms with Crippen molar-refractivity contribution in [3.63, 3.8) is 0 Å². The first-order valence-corrected chi connectivity index (χ1v) is 6.57. The van der Waals surface area contributed by atoms with E-state index in [0.717, 1.165) is 16.9 Å². The van der Waals surface area contributed by atoms with Gasteiger partial charge in [0.25, 0.3) is 0 Å². The fourth-order valence-corrected chi connectivity index (χ4v) is 2.72. The van der Waals surface area contributed by atoms with E-state index >= 15 is 0 Å². The Bertz CT molecular complexity index is 638. The molecule has 0 bridgehead atoms. The van der Waals surface area contributed by atoms with Gasteiger partial charge in [0.1, 0.15) is 5.69 Å². The summed E-state index contributed by atoms with van der Waals surface area (Å²) in [5.74, 6) is -1.17. The summed E-state index contributed by atoms with van der Waals surface area (Å²) in [6.45, 7) is 1.36. The van der Waals surface area contributed by atoms with Crippen molar-refractivity contribution in [3.05, 3.63) is 41.7 Å². The summed E-state index contributed by atoms with van der Waals surface area (Å²) in [6, 6.07) is 7.70. The van der Waals surface area contributed by atoms with Crippen LogP contribution in [0, 0.1) is 0 Å². The van der Waals surface area contributed by atoms with Gasteiger partial charge in [-0.3, -0.25) is 9.48 Å². The SMILES string of the molecule is Cn1cc(CN2CCC(C(=O)O)c3ccccc32)nn1. The van der Waals surface area contributed by atoms with Crippen LogP contribution in [0.15, 0.2) is 30.5 Å². The molecule has 104 valence electrons. The van der Waals surface area contributed by atoms with E-state index in [1.54, 1.807) is 4.68 Å². The lowest BCUT2D eigenvalue weighted by molar-refractivity contribution is -0.139. The molecule has 1 atom stereocenters. The molecular formula is C14H16N4O2. The van der Waals surface area contributed by atoms with Crippen LogP contribution in [0.5, 0.6) is 0 Å². The van der Waals surface area contributed by atoms with Crippen LogP contribution in [-0.4, -0.2) is 32.6 Å². The number of aromatic nitrogens is 3. The number of aliphatic carboxylic acids is 1. The molecule has 0 saturated carbocycles. The third-order valence-electron chi connectivity index (χ3n) is 3.64. The number of hydrogen-bond donors (Lipinski definition) is 1. The quantitative estimate of drug-likeness (QED) is 0.914. The molecule has 1 aliphatic rings. The lowest BCUT2D eigenvalue weighted by Crippen LogP contribution is -2.33. The molecule has 1 N–H and O–H groups in total. The fourth-order valence-electron chi connectivity index (χ4n) is 2.72. The number of rotatable bonds is 3. The molecule has 1 aromatic heterocycles. The number of para-hydroxylation sites is 1. The zero-order chi connectivity index (χ0) is 14.1. The Morgan fingerprint density at radius 1 is 1.45 bits per heavy atom. The predicted octanol–water partition coefficient (Wildman–Crippen LogP) is 1.39. The van der Waals surface area contributed by atoms with Crippen LogP contribution >= 0.6 is 0 Å². The number of nitrogens with zero attached hydrogens (tertiary/aromatic N) is 4. The maximum atomic E-state index is 11.3. The van der Waals surface area contributed by atoms with Gasteiger partial charge in [-0.2, -0.15) is 0 Å². The van der Waals surface area contributed by atoms with E-state index in [-0.39, 0.29) is 0 Å². The zero-order valence-corrected chi connectivity index (χ0v) is 11.2. The number of anilines is 1. The molecule has 1 unspecified atom stereocenters. The summed E-state index contributed by atoms with van der Waals surface area (Å²) in [5.41, 5.74) is 2.75. The number of carbonyl (C=O) groups is 1. The number of fused-ring (bicyclic) bond motifs is 1. The average molecular weight is 272 g/mol. The largest absolute Gasteiger partial charge is 0.481 e. The van der Waals surface area contributed by atoms with Crippen molar-refractivity contribution >= 4 is 11.7 Å². The standard InChI is InChI=1S/C14H16N4O2/c1-17-8-10(15-16-17)9-18-7-6-12(14(19)20)11-4-2-3-5-13(11)18/h2-5,8,12H,6-7,9H2,1H3,(H,19,20). The van der Waals surface area contributed by atoms with Gasteiger partial charge in [0, 0.05) is 25.5 Å². The Balaban J connectivity index is 1.90. The summed E-state index contributed by atoms with van der Waals surface area (Å²) >= 11 is 0. The lowest BCUT2D eigenvalue weighted by atomic mass is 9.90. The smallest absolute Gasteiger partial charge is 0.311 e. The number of hydrogen-bond acceptors (Lipinski definition) is 4. The van der Waals surface area contributed by atoms with E-state index in [0.29, 0.717) is 19.5 Å². The Morgan fingerprint density at radius 3 is 2.95 bits per heavy atom. The minimum atomic E-state index is -0.753. The van der Waals surface area contributed by atoms with E-state index < -0.39 is 11.9 Å². The highest BCUT2D eigenvalue weighted by molar-refractivity contribution is 5.80. The Kier molecular flexibility index (Phi) is 3.14. The molecule has 0 saturated heterocycles. The van der Waals surface area contributed by atoms with Crippen molar-refractivity contribution in [2.24, 2.45) is 7.05 Å². The fraction of sp³-hybridized carbons (Fsp3) is 0.357. The maximum Gasteiger partial charge on any atom is 0.311 e. The summed E-state index contributed by atoms with van der Waals surface area (Å²) < 4.78 is 1.67. The summed E-state index contributed by atoms with van der Waals surface area (Å²) in [7, 11) is 1.83. The van der Waals surface area contributed by atoms with E-state index in [1.807, 2.05) is 37.5 Å². The van der Waals surface area contributed by atoms with Crippen LogP contribution in [-0.2, 0) is 18.4 Å². The second kappa shape index (κ2) is 4.96. The van der Waals surface area contributed by atoms with E-state index in [9.17, 15) is 9.90 Å². The van der Waals surface area contributed by atoms with Crippen molar-refractivity contribution in [1.29, 1.82) is 0 Å². The van der Waals surface area contributed by atoms with Crippen molar-refractivity contribution < 1.29 is 9.90 Å². The monoisotopic (exact) mass is 272 g/mol. The molecule has 0 aliphatic carbocycles. The first kappa shape index (κ1) is 12.7. The van der Waals surface area contributed by atoms with Crippen LogP contribution in [0.1, 0.15) is 23.6 Å². The molecule has 2 aromatic rings. The summed E-state index contributed by atoms with van der Waals surface area (Å²) in [5, 5.41) is 17.3. The van der Waals surface area contributed by atoms with E-state index in [1.165, 1.54) is 0 Å². The first-order chi connectivity index (χ1) is 9.65. The maximum absolute atomic E-state index is 11.3. The third kappa shape index (κ3) is 2.24. The van der Waals surface area contributed by atoms with Crippen LogP contribution in [0.2, 0.25) is 0 Å². The molecule has 20 heavy (non-hydrogen) atoms. The highest BCUT2D eigenvalue weighted by atomic mass is 16.4. The Hall–Kier alpha value is -2.37. The van der Waals surface area contributed by atoms with Crippen molar-refractivity contribution in [2.75, 3.05) is 11.4 Å². The van der Waals surface area contributed by atoms with Crippen LogP contribution < -0.4 is 4.90 Å². The van der Waals surface area contributed by atoms with Crippen molar-refractivity contribution in [2.45, 2.75) is 18.9 Å². The minimum absolute atomic E-state index is 0.413. The minimum Gasteiger partial charge on any atom is -0.481 e.